The highest BCUT2D eigenvalue weighted by atomic mass is 32.1. The fourth-order valence-electron chi connectivity index (χ4n) is 2.10. The molecule has 0 atom stereocenters. The maximum absolute atomic E-state index is 12.2. The average molecular weight is 322 g/mol. The molecule has 0 saturated carbocycles. The molecule has 0 unspecified atom stereocenters. The topological polar surface area (TPSA) is 59.1 Å². The minimum Gasteiger partial charge on any atom is -0.321 e. The number of para-hydroxylation sites is 1. The van der Waals surface area contributed by atoms with Crippen molar-refractivity contribution >= 4 is 28.7 Å². The highest BCUT2D eigenvalue weighted by Gasteiger charge is 2.12. The van der Waals surface area contributed by atoms with E-state index in [1.807, 2.05) is 42.5 Å². The van der Waals surface area contributed by atoms with Gasteiger partial charge in [0, 0.05) is 16.8 Å². The zero-order chi connectivity index (χ0) is 16.2. The van der Waals surface area contributed by atoms with E-state index in [1.165, 1.54) is 18.3 Å². The first kappa shape index (κ1) is 15.1. The van der Waals surface area contributed by atoms with Crippen molar-refractivity contribution in [3.05, 3.63) is 71.2 Å². The number of carbonyl (C=O) groups is 2. The fraction of sp³-hybridized carbons (Fsp3) is 0.0556. The molecule has 1 heterocycles. The molecule has 3 aromatic rings. The van der Waals surface area contributed by atoms with Gasteiger partial charge in [-0.25, -0.2) is 4.98 Å². The predicted octanol–water partition coefficient (Wildman–Crippen LogP) is 4.27. The Morgan fingerprint density at radius 3 is 2.57 bits per heavy atom. The molecule has 3 rings (SSSR count). The van der Waals surface area contributed by atoms with Crippen LogP contribution in [0.5, 0.6) is 0 Å². The van der Waals surface area contributed by atoms with Crippen LogP contribution in [0.15, 0.2) is 60.8 Å². The van der Waals surface area contributed by atoms with Crippen molar-refractivity contribution in [1.82, 2.24) is 4.98 Å². The van der Waals surface area contributed by atoms with Crippen molar-refractivity contribution < 1.29 is 9.59 Å². The Hall–Kier alpha value is -2.79. The quantitative estimate of drug-likeness (QED) is 0.730. The van der Waals surface area contributed by atoms with E-state index in [0.29, 0.717) is 15.4 Å². The number of hydrogen-bond acceptors (Lipinski definition) is 4. The molecular formula is C18H14N2O2S. The first-order valence-corrected chi connectivity index (χ1v) is 7.89. The van der Waals surface area contributed by atoms with Crippen LogP contribution in [0, 0.1) is 0 Å². The minimum absolute atomic E-state index is 0.00505. The van der Waals surface area contributed by atoms with E-state index in [0.717, 1.165) is 11.3 Å². The lowest BCUT2D eigenvalue weighted by atomic mass is 10.1. The number of carbonyl (C=O) groups excluding carboxylic acids is 2. The second-order valence-electron chi connectivity index (χ2n) is 4.99. The summed E-state index contributed by atoms with van der Waals surface area (Å²) in [5.74, 6) is -0.187. The summed E-state index contributed by atoms with van der Waals surface area (Å²) in [5.41, 5.74) is 2.21. The molecule has 2 aromatic carbocycles. The summed E-state index contributed by atoms with van der Waals surface area (Å²) >= 11 is 1.30. The van der Waals surface area contributed by atoms with Gasteiger partial charge < -0.3 is 5.32 Å². The normalized spacial score (nSPS) is 10.3. The third kappa shape index (κ3) is 3.52. The Morgan fingerprint density at radius 1 is 1.04 bits per heavy atom. The zero-order valence-electron chi connectivity index (χ0n) is 12.4. The van der Waals surface area contributed by atoms with E-state index >= 15 is 0 Å². The number of thiazole rings is 1. The van der Waals surface area contributed by atoms with Crippen molar-refractivity contribution in [2.24, 2.45) is 0 Å². The summed E-state index contributed by atoms with van der Waals surface area (Å²) in [4.78, 5) is 28.5. The Bertz CT molecular complexity index is 856. The van der Waals surface area contributed by atoms with Crippen molar-refractivity contribution in [3.63, 3.8) is 0 Å². The summed E-state index contributed by atoms with van der Waals surface area (Å²) in [6.45, 7) is 1.53. The van der Waals surface area contributed by atoms with Crippen LogP contribution >= 0.6 is 11.3 Å². The highest BCUT2D eigenvalue weighted by molar-refractivity contribution is 7.17. The molecule has 0 fully saturated rings. The SMILES string of the molecule is CC(=O)c1cccc(-c2ncc(C(=O)Nc3ccccc3)s2)c1. The predicted molar refractivity (Wildman–Crippen MR) is 91.9 cm³/mol. The molecule has 1 aromatic heterocycles. The van der Waals surface area contributed by atoms with Gasteiger partial charge in [-0.2, -0.15) is 0 Å². The fourth-order valence-corrected chi connectivity index (χ4v) is 2.91. The number of nitrogens with zero attached hydrogens (tertiary/aromatic N) is 1. The summed E-state index contributed by atoms with van der Waals surface area (Å²) < 4.78 is 0. The molecule has 0 bridgehead atoms. The molecule has 1 N–H and O–H groups in total. The van der Waals surface area contributed by atoms with Crippen LogP contribution in [-0.2, 0) is 0 Å². The second kappa shape index (κ2) is 6.54. The maximum atomic E-state index is 12.2. The van der Waals surface area contributed by atoms with Crippen LogP contribution in [0.4, 0.5) is 5.69 Å². The van der Waals surface area contributed by atoms with Crippen molar-refractivity contribution in [1.29, 1.82) is 0 Å². The lowest BCUT2D eigenvalue weighted by Crippen LogP contribution is -2.09. The standard InChI is InChI=1S/C18H14N2O2S/c1-12(21)13-6-5-7-14(10-13)18-19-11-16(23-18)17(22)20-15-8-3-2-4-9-15/h2-11H,1H3,(H,20,22). The molecule has 0 spiro atoms. The molecule has 0 aliphatic heterocycles. The van der Waals surface area contributed by atoms with Gasteiger partial charge in [0.1, 0.15) is 9.88 Å². The number of nitrogens with one attached hydrogen (secondary N) is 1. The lowest BCUT2D eigenvalue weighted by Gasteiger charge is -2.02. The number of rotatable bonds is 4. The third-order valence-corrected chi connectivity index (χ3v) is 4.32. The maximum Gasteiger partial charge on any atom is 0.267 e. The van der Waals surface area contributed by atoms with Gasteiger partial charge in [-0.3, -0.25) is 9.59 Å². The van der Waals surface area contributed by atoms with E-state index in [1.54, 1.807) is 18.3 Å². The highest BCUT2D eigenvalue weighted by Crippen LogP contribution is 2.26. The summed E-state index contributed by atoms with van der Waals surface area (Å²) in [6.07, 6.45) is 1.55. The molecule has 5 heteroatoms. The van der Waals surface area contributed by atoms with Crippen LogP contribution in [-0.4, -0.2) is 16.7 Å². The van der Waals surface area contributed by atoms with Crippen molar-refractivity contribution in [2.45, 2.75) is 6.92 Å². The summed E-state index contributed by atoms with van der Waals surface area (Å²) in [5, 5.41) is 3.54. The van der Waals surface area contributed by atoms with Crippen molar-refractivity contribution in [3.8, 4) is 10.6 Å². The Balaban J connectivity index is 1.81. The largest absolute Gasteiger partial charge is 0.321 e. The number of Topliss-reactive ketones (excluding diaryl/α,β-unsaturated/α-hetero) is 1. The van der Waals surface area contributed by atoms with Gasteiger partial charge in [0.15, 0.2) is 5.78 Å². The molecule has 114 valence electrons. The molecule has 0 aliphatic carbocycles. The molecule has 0 radical (unpaired) electrons. The number of anilines is 1. The van der Waals surface area contributed by atoms with Crippen LogP contribution in [0.1, 0.15) is 27.0 Å². The van der Waals surface area contributed by atoms with Gasteiger partial charge in [0.05, 0.1) is 6.20 Å². The number of benzene rings is 2. The van der Waals surface area contributed by atoms with Crippen LogP contribution in [0.3, 0.4) is 0 Å². The minimum atomic E-state index is -0.192. The zero-order valence-corrected chi connectivity index (χ0v) is 13.3. The van der Waals surface area contributed by atoms with Gasteiger partial charge in [-0.1, -0.05) is 36.4 Å². The number of aromatic nitrogens is 1. The molecule has 0 saturated heterocycles. The van der Waals surface area contributed by atoms with E-state index in [2.05, 4.69) is 10.3 Å². The van der Waals surface area contributed by atoms with Gasteiger partial charge in [0.2, 0.25) is 0 Å². The first-order valence-electron chi connectivity index (χ1n) is 7.07. The lowest BCUT2D eigenvalue weighted by molar-refractivity contribution is 0.101. The van der Waals surface area contributed by atoms with Crippen molar-refractivity contribution in [2.75, 3.05) is 5.32 Å². The van der Waals surface area contributed by atoms with Gasteiger partial charge >= 0.3 is 0 Å². The smallest absolute Gasteiger partial charge is 0.267 e. The van der Waals surface area contributed by atoms with Crippen LogP contribution < -0.4 is 5.32 Å². The molecule has 4 nitrogen and oxygen atoms in total. The van der Waals surface area contributed by atoms with Gasteiger partial charge in [-0.15, -0.1) is 11.3 Å². The van der Waals surface area contributed by atoms with Crippen LogP contribution in [0.25, 0.3) is 10.6 Å². The van der Waals surface area contributed by atoms with Gasteiger partial charge in [0.25, 0.3) is 5.91 Å². The van der Waals surface area contributed by atoms with Gasteiger partial charge in [-0.05, 0) is 25.1 Å². The monoisotopic (exact) mass is 322 g/mol. The Morgan fingerprint density at radius 2 is 1.83 bits per heavy atom. The Kier molecular flexibility index (Phi) is 4.30. The van der Waals surface area contributed by atoms with E-state index < -0.39 is 0 Å². The van der Waals surface area contributed by atoms with E-state index in [9.17, 15) is 9.59 Å². The number of ketones is 1. The second-order valence-corrected chi connectivity index (χ2v) is 6.02. The summed E-state index contributed by atoms with van der Waals surface area (Å²) in [7, 11) is 0. The average Bonchev–Trinajstić information content (AvgIpc) is 3.06. The third-order valence-electron chi connectivity index (χ3n) is 3.28. The van der Waals surface area contributed by atoms with Crippen LogP contribution in [0.2, 0.25) is 0 Å². The molecule has 1 amide bonds. The molecular weight excluding hydrogens is 308 g/mol. The van der Waals surface area contributed by atoms with E-state index in [4.69, 9.17) is 0 Å². The molecule has 0 aliphatic rings. The number of hydrogen-bond donors (Lipinski definition) is 1. The molecule has 23 heavy (non-hydrogen) atoms. The number of amides is 1. The Labute approximate surface area is 137 Å². The summed E-state index contributed by atoms with van der Waals surface area (Å²) in [6, 6.07) is 16.5. The first-order chi connectivity index (χ1) is 11.1. The van der Waals surface area contributed by atoms with E-state index in [-0.39, 0.29) is 11.7 Å².